The number of nitrogens with one attached hydrogen (secondary N) is 1. The second-order valence-electron chi connectivity index (χ2n) is 3.81. The van der Waals surface area contributed by atoms with Crippen LogP contribution in [-0.4, -0.2) is 17.2 Å². The Labute approximate surface area is 121 Å². The summed E-state index contributed by atoms with van der Waals surface area (Å²) in [5.41, 5.74) is 1.32. The van der Waals surface area contributed by atoms with Crippen molar-refractivity contribution in [2.75, 3.05) is 12.4 Å². The first-order valence-electron chi connectivity index (χ1n) is 5.51. The van der Waals surface area contributed by atoms with E-state index in [1.165, 1.54) is 6.07 Å². The Morgan fingerprint density at radius 2 is 2.16 bits per heavy atom. The van der Waals surface area contributed by atoms with Gasteiger partial charge in [-0.2, -0.15) is 0 Å². The van der Waals surface area contributed by atoms with E-state index < -0.39 is 0 Å². The third-order valence-corrected chi connectivity index (χ3v) is 3.05. The standard InChI is InChI=1S/C13H12Cl2N2O2/c1-19-13-11(3-2-4-16-13)17-7-8-5-9(14)6-10(15)12(8)18/h2-6,17-18H,7H2,1H3. The molecule has 0 fully saturated rings. The van der Waals surface area contributed by atoms with Crippen LogP contribution in [0.5, 0.6) is 11.6 Å². The molecule has 100 valence electrons. The molecule has 0 radical (unpaired) electrons. The van der Waals surface area contributed by atoms with Crippen LogP contribution in [0, 0.1) is 0 Å². The number of aromatic nitrogens is 1. The fraction of sp³-hybridized carbons (Fsp3) is 0.154. The highest BCUT2D eigenvalue weighted by atomic mass is 35.5. The van der Waals surface area contributed by atoms with E-state index in [9.17, 15) is 5.11 Å². The van der Waals surface area contributed by atoms with Crippen LogP contribution < -0.4 is 10.1 Å². The van der Waals surface area contributed by atoms with Gasteiger partial charge in [0.1, 0.15) is 5.75 Å². The van der Waals surface area contributed by atoms with Crippen molar-refractivity contribution in [2.24, 2.45) is 0 Å². The van der Waals surface area contributed by atoms with Crippen LogP contribution >= 0.6 is 23.2 Å². The molecule has 1 heterocycles. The minimum Gasteiger partial charge on any atom is -0.506 e. The number of phenolic OH excluding ortho intramolecular Hbond substituents is 1. The first-order chi connectivity index (χ1) is 9.11. The van der Waals surface area contributed by atoms with Crippen molar-refractivity contribution in [3.63, 3.8) is 0 Å². The lowest BCUT2D eigenvalue weighted by Crippen LogP contribution is -2.02. The maximum absolute atomic E-state index is 9.85. The maximum atomic E-state index is 9.85. The number of methoxy groups -OCH3 is 1. The lowest BCUT2D eigenvalue weighted by atomic mass is 10.2. The molecule has 0 unspecified atom stereocenters. The van der Waals surface area contributed by atoms with Crippen molar-refractivity contribution in [3.8, 4) is 11.6 Å². The molecule has 0 aliphatic rings. The van der Waals surface area contributed by atoms with Gasteiger partial charge < -0.3 is 15.2 Å². The van der Waals surface area contributed by atoms with Gasteiger partial charge in [0.2, 0.25) is 5.88 Å². The molecule has 19 heavy (non-hydrogen) atoms. The third kappa shape index (κ3) is 3.22. The van der Waals surface area contributed by atoms with Crippen molar-refractivity contribution in [1.82, 2.24) is 4.98 Å². The van der Waals surface area contributed by atoms with Gasteiger partial charge in [-0.3, -0.25) is 0 Å². The topological polar surface area (TPSA) is 54.4 Å². The van der Waals surface area contributed by atoms with Crippen LogP contribution in [0.1, 0.15) is 5.56 Å². The van der Waals surface area contributed by atoms with Crippen LogP contribution in [0.25, 0.3) is 0 Å². The Morgan fingerprint density at radius 3 is 2.89 bits per heavy atom. The summed E-state index contributed by atoms with van der Waals surface area (Å²) in [5.74, 6) is 0.497. The molecule has 2 rings (SSSR count). The average molecular weight is 299 g/mol. The van der Waals surface area contributed by atoms with Crippen molar-refractivity contribution in [1.29, 1.82) is 0 Å². The number of aromatic hydroxyl groups is 1. The Kier molecular flexibility index (Phi) is 4.35. The molecule has 0 bridgehead atoms. The van der Waals surface area contributed by atoms with Crippen LogP contribution in [0.3, 0.4) is 0 Å². The van der Waals surface area contributed by atoms with Gasteiger partial charge in [0.15, 0.2) is 0 Å². The van der Waals surface area contributed by atoms with E-state index in [-0.39, 0.29) is 10.8 Å². The number of nitrogens with zero attached hydrogens (tertiary/aromatic N) is 1. The van der Waals surface area contributed by atoms with Gasteiger partial charge in [-0.05, 0) is 24.3 Å². The smallest absolute Gasteiger partial charge is 0.237 e. The molecule has 0 aliphatic heterocycles. The van der Waals surface area contributed by atoms with Crippen LogP contribution in [0.4, 0.5) is 5.69 Å². The maximum Gasteiger partial charge on any atom is 0.237 e. The molecule has 0 aliphatic carbocycles. The molecule has 0 saturated heterocycles. The summed E-state index contributed by atoms with van der Waals surface area (Å²) in [6.45, 7) is 0.355. The average Bonchev–Trinajstić information content (AvgIpc) is 2.41. The number of anilines is 1. The summed E-state index contributed by atoms with van der Waals surface area (Å²) in [6, 6.07) is 6.76. The largest absolute Gasteiger partial charge is 0.506 e. The van der Waals surface area contributed by atoms with E-state index >= 15 is 0 Å². The highest BCUT2D eigenvalue weighted by Gasteiger charge is 2.09. The zero-order chi connectivity index (χ0) is 13.8. The lowest BCUT2D eigenvalue weighted by Gasteiger charge is -2.11. The molecule has 2 aromatic rings. The number of hydrogen-bond donors (Lipinski definition) is 2. The second kappa shape index (κ2) is 5.99. The van der Waals surface area contributed by atoms with Gasteiger partial charge in [0.05, 0.1) is 17.8 Å². The van der Waals surface area contributed by atoms with Crippen molar-refractivity contribution >= 4 is 28.9 Å². The highest BCUT2D eigenvalue weighted by molar-refractivity contribution is 6.35. The Balaban J connectivity index is 2.19. The number of benzene rings is 1. The minimum atomic E-state index is 0.0152. The van der Waals surface area contributed by atoms with E-state index in [0.717, 1.165) is 5.69 Å². The highest BCUT2D eigenvalue weighted by Crippen LogP contribution is 2.32. The molecule has 0 spiro atoms. The minimum absolute atomic E-state index is 0.0152. The van der Waals surface area contributed by atoms with Gasteiger partial charge in [-0.15, -0.1) is 0 Å². The molecule has 0 atom stereocenters. The van der Waals surface area contributed by atoms with Crippen molar-refractivity contribution in [2.45, 2.75) is 6.54 Å². The summed E-state index contributed by atoms with van der Waals surface area (Å²) in [4.78, 5) is 4.07. The number of ether oxygens (including phenoxy) is 1. The zero-order valence-electron chi connectivity index (χ0n) is 10.2. The normalized spacial score (nSPS) is 10.3. The number of pyridine rings is 1. The molecule has 0 amide bonds. The van der Waals surface area contributed by atoms with Gasteiger partial charge in [0.25, 0.3) is 0 Å². The van der Waals surface area contributed by atoms with Crippen LogP contribution in [-0.2, 0) is 6.54 Å². The van der Waals surface area contributed by atoms with E-state index in [4.69, 9.17) is 27.9 Å². The summed E-state index contributed by atoms with van der Waals surface area (Å²) in [5, 5.41) is 13.7. The molecule has 6 heteroatoms. The third-order valence-electron chi connectivity index (χ3n) is 2.54. The predicted molar refractivity (Wildman–Crippen MR) is 76.2 cm³/mol. The zero-order valence-corrected chi connectivity index (χ0v) is 11.7. The van der Waals surface area contributed by atoms with Gasteiger partial charge in [-0.25, -0.2) is 4.98 Å². The monoisotopic (exact) mass is 298 g/mol. The van der Waals surface area contributed by atoms with E-state index in [2.05, 4.69) is 10.3 Å². The van der Waals surface area contributed by atoms with Gasteiger partial charge in [0, 0.05) is 23.3 Å². The fourth-order valence-corrected chi connectivity index (χ4v) is 2.17. The van der Waals surface area contributed by atoms with E-state index in [1.54, 1.807) is 25.4 Å². The number of halogens is 2. The molecule has 0 saturated carbocycles. The first-order valence-corrected chi connectivity index (χ1v) is 6.27. The lowest BCUT2D eigenvalue weighted by molar-refractivity contribution is 0.399. The predicted octanol–water partition coefficient (Wildman–Crippen LogP) is 3.71. The number of rotatable bonds is 4. The summed E-state index contributed by atoms with van der Waals surface area (Å²) in [6.07, 6.45) is 1.64. The Bertz CT molecular complexity index is 591. The van der Waals surface area contributed by atoms with E-state index in [0.29, 0.717) is 23.0 Å². The molecular weight excluding hydrogens is 287 g/mol. The summed E-state index contributed by atoms with van der Waals surface area (Å²) in [7, 11) is 1.54. The summed E-state index contributed by atoms with van der Waals surface area (Å²) < 4.78 is 5.12. The van der Waals surface area contributed by atoms with Gasteiger partial charge in [-0.1, -0.05) is 23.2 Å². The van der Waals surface area contributed by atoms with Crippen molar-refractivity contribution < 1.29 is 9.84 Å². The first kappa shape index (κ1) is 13.8. The fourth-order valence-electron chi connectivity index (χ4n) is 1.63. The van der Waals surface area contributed by atoms with Gasteiger partial charge >= 0.3 is 0 Å². The van der Waals surface area contributed by atoms with Crippen LogP contribution in [0.2, 0.25) is 10.0 Å². The SMILES string of the molecule is COc1ncccc1NCc1cc(Cl)cc(Cl)c1O. The molecule has 4 nitrogen and oxygen atoms in total. The number of phenols is 1. The molecule has 1 aromatic heterocycles. The Morgan fingerprint density at radius 1 is 1.37 bits per heavy atom. The molecular formula is C13H12Cl2N2O2. The Hall–Kier alpha value is -1.65. The van der Waals surface area contributed by atoms with Crippen LogP contribution in [0.15, 0.2) is 30.5 Å². The summed E-state index contributed by atoms with van der Waals surface area (Å²) >= 11 is 11.8. The molecule has 1 aromatic carbocycles. The van der Waals surface area contributed by atoms with Crippen molar-refractivity contribution in [3.05, 3.63) is 46.1 Å². The second-order valence-corrected chi connectivity index (χ2v) is 4.65. The molecule has 2 N–H and O–H groups in total. The quantitative estimate of drug-likeness (QED) is 0.903. The number of hydrogen-bond acceptors (Lipinski definition) is 4. The van der Waals surface area contributed by atoms with E-state index in [1.807, 2.05) is 6.07 Å².